The molecule has 0 radical (unpaired) electrons. The van der Waals surface area contributed by atoms with Crippen molar-refractivity contribution in [1.82, 2.24) is 4.98 Å². The van der Waals surface area contributed by atoms with Gasteiger partial charge in [0.05, 0.1) is 13.2 Å². The first kappa shape index (κ1) is 11.1. The molecule has 2 heterocycles. The molecule has 0 saturated heterocycles. The fraction of sp³-hybridized carbons (Fsp3) is 0.200. The number of aromatic nitrogens is 1. The lowest BCUT2D eigenvalue weighted by Gasteiger charge is -2.04. The van der Waals surface area contributed by atoms with Gasteiger partial charge >= 0.3 is 0 Å². The molecule has 90 valence electrons. The molecule has 1 aromatic carbocycles. The Bertz CT molecular complexity index is 620. The summed E-state index contributed by atoms with van der Waals surface area (Å²) in [6, 6.07) is 7.61. The van der Waals surface area contributed by atoms with Crippen LogP contribution in [-0.2, 0) is 18.0 Å². The molecule has 18 heavy (non-hydrogen) atoms. The second-order valence-corrected chi connectivity index (χ2v) is 4.56. The summed E-state index contributed by atoms with van der Waals surface area (Å²) in [4.78, 5) is 16.4. The Hall–Kier alpha value is -2.00. The highest BCUT2D eigenvalue weighted by Gasteiger charge is 2.15. The van der Waals surface area contributed by atoms with Gasteiger partial charge in [0.15, 0.2) is 5.78 Å². The molecule has 1 aromatic heterocycles. The van der Waals surface area contributed by atoms with Crippen LogP contribution in [0.5, 0.6) is 0 Å². The lowest BCUT2D eigenvalue weighted by molar-refractivity contribution is 0.103. The van der Waals surface area contributed by atoms with Gasteiger partial charge in [0.1, 0.15) is 0 Å². The number of pyridine rings is 1. The fourth-order valence-corrected chi connectivity index (χ4v) is 2.16. The average Bonchev–Trinajstić information content (AvgIpc) is 2.85. The first-order valence-corrected chi connectivity index (χ1v) is 5.90. The molecular weight excluding hydrogens is 226 g/mol. The van der Waals surface area contributed by atoms with E-state index in [0.29, 0.717) is 24.3 Å². The van der Waals surface area contributed by atoms with E-state index in [1.165, 1.54) is 5.56 Å². The number of benzene rings is 1. The molecule has 0 bridgehead atoms. The summed E-state index contributed by atoms with van der Waals surface area (Å²) in [5.41, 5.74) is 4.61. The van der Waals surface area contributed by atoms with Crippen LogP contribution in [0.4, 0.5) is 0 Å². The first-order chi connectivity index (χ1) is 8.74. The Labute approximate surface area is 105 Å². The van der Waals surface area contributed by atoms with Crippen LogP contribution in [-0.4, -0.2) is 10.8 Å². The minimum absolute atomic E-state index is 0.0147. The van der Waals surface area contributed by atoms with E-state index >= 15 is 0 Å². The van der Waals surface area contributed by atoms with E-state index in [2.05, 4.69) is 4.98 Å². The van der Waals surface area contributed by atoms with Crippen molar-refractivity contribution >= 4 is 5.78 Å². The third-order valence-corrected chi connectivity index (χ3v) is 3.12. The number of nitrogens with zero attached hydrogens (tertiary/aromatic N) is 1. The topological polar surface area (TPSA) is 39.2 Å². The first-order valence-electron chi connectivity index (χ1n) is 5.90. The second kappa shape index (κ2) is 4.35. The third kappa shape index (κ3) is 1.93. The molecule has 1 aliphatic rings. The molecule has 0 aliphatic carbocycles. The number of carbonyl (C=O) groups excluding carboxylic acids is 1. The molecule has 1 aliphatic heterocycles. The molecule has 2 aromatic rings. The van der Waals surface area contributed by atoms with Crippen molar-refractivity contribution < 1.29 is 9.53 Å². The van der Waals surface area contributed by atoms with Crippen molar-refractivity contribution in [1.29, 1.82) is 0 Å². The second-order valence-electron chi connectivity index (χ2n) is 4.56. The number of ether oxygens (including phenoxy) is 1. The monoisotopic (exact) mass is 239 g/mol. The van der Waals surface area contributed by atoms with E-state index in [1.807, 2.05) is 31.2 Å². The smallest absolute Gasteiger partial charge is 0.194 e. The molecule has 3 rings (SSSR count). The lowest BCUT2D eigenvalue weighted by Crippen LogP contribution is -2.03. The zero-order valence-electron chi connectivity index (χ0n) is 10.1. The molecule has 0 N–H and O–H groups in total. The summed E-state index contributed by atoms with van der Waals surface area (Å²) < 4.78 is 5.35. The predicted molar refractivity (Wildman–Crippen MR) is 67.3 cm³/mol. The Morgan fingerprint density at radius 2 is 1.94 bits per heavy atom. The van der Waals surface area contributed by atoms with Gasteiger partial charge in [0, 0.05) is 23.5 Å². The van der Waals surface area contributed by atoms with Crippen molar-refractivity contribution in [3.05, 3.63) is 64.5 Å². The normalized spacial score (nSPS) is 13.4. The van der Waals surface area contributed by atoms with Crippen molar-refractivity contribution in [3.63, 3.8) is 0 Å². The molecule has 0 saturated carbocycles. The van der Waals surface area contributed by atoms with Gasteiger partial charge in [-0.25, -0.2) is 0 Å². The van der Waals surface area contributed by atoms with Crippen LogP contribution in [0.3, 0.4) is 0 Å². The maximum atomic E-state index is 12.3. The number of ketones is 1. The SMILES string of the molecule is Cc1cncc(C(=O)c2ccc3c(c2)COC3)c1. The van der Waals surface area contributed by atoms with Crippen molar-refractivity contribution in [3.8, 4) is 0 Å². The number of fused-ring (bicyclic) bond motifs is 1. The Kier molecular flexibility index (Phi) is 2.68. The summed E-state index contributed by atoms with van der Waals surface area (Å²) in [7, 11) is 0. The van der Waals surface area contributed by atoms with E-state index in [9.17, 15) is 4.79 Å². The van der Waals surface area contributed by atoms with Gasteiger partial charge in [-0.05, 0) is 35.7 Å². The molecule has 0 unspecified atom stereocenters. The van der Waals surface area contributed by atoms with E-state index in [0.717, 1.165) is 11.1 Å². The molecule has 3 nitrogen and oxygen atoms in total. The van der Waals surface area contributed by atoms with Gasteiger partial charge in [0.25, 0.3) is 0 Å². The van der Waals surface area contributed by atoms with Crippen LogP contribution < -0.4 is 0 Å². The fourth-order valence-electron chi connectivity index (χ4n) is 2.16. The molecule has 0 spiro atoms. The molecule has 3 heteroatoms. The summed E-state index contributed by atoms with van der Waals surface area (Å²) in [5, 5.41) is 0. The summed E-state index contributed by atoms with van der Waals surface area (Å²) in [6.45, 7) is 3.18. The highest BCUT2D eigenvalue weighted by Crippen LogP contribution is 2.22. The summed E-state index contributed by atoms with van der Waals surface area (Å²) in [6.07, 6.45) is 3.35. The third-order valence-electron chi connectivity index (χ3n) is 3.12. The van der Waals surface area contributed by atoms with Crippen LogP contribution in [0.1, 0.15) is 32.6 Å². The van der Waals surface area contributed by atoms with Crippen LogP contribution in [0, 0.1) is 6.92 Å². The maximum Gasteiger partial charge on any atom is 0.194 e. The standard InChI is InChI=1S/C15H13NO2/c1-10-4-13(7-16-6-10)15(17)11-2-3-12-8-18-9-14(12)5-11/h2-7H,8-9H2,1H3. The number of hydrogen-bond donors (Lipinski definition) is 0. The van der Waals surface area contributed by atoms with Crippen LogP contribution in [0.25, 0.3) is 0 Å². The van der Waals surface area contributed by atoms with Gasteiger partial charge in [0.2, 0.25) is 0 Å². The summed E-state index contributed by atoms with van der Waals surface area (Å²) in [5.74, 6) is 0.0147. The van der Waals surface area contributed by atoms with E-state index in [4.69, 9.17) is 4.74 Å². The number of hydrogen-bond acceptors (Lipinski definition) is 3. The summed E-state index contributed by atoms with van der Waals surface area (Å²) >= 11 is 0. The minimum Gasteiger partial charge on any atom is -0.372 e. The van der Waals surface area contributed by atoms with Crippen molar-refractivity contribution in [2.45, 2.75) is 20.1 Å². The van der Waals surface area contributed by atoms with Crippen LogP contribution in [0.2, 0.25) is 0 Å². The largest absolute Gasteiger partial charge is 0.372 e. The Morgan fingerprint density at radius 1 is 1.11 bits per heavy atom. The number of rotatable bonds is 2. The lowest BCUT2D eigenvalue weighted by atomic mass is 10.00. The maximum absolute atomic E-state index is 12.3. The van der Waals surface area contributed by atoms with Crippen molar-refractivity contribution in [2.24, 2.45) is 0 Å². The van der Waals surface area contributed by atoms with E-state index in [-0.39, 0.29) is 5.78 Å². The molecule has 0 fully saturated rings. The Balaban J connectivity index is 1.98. The highest BCUT2D eigenvalue weighted by molar-refractivity contribution is 6.09. The quantitative estimate of drug-likeness (QED) is 0.756. The number of aryl methyl sites for hydroxylation is 1. The van der Waals surface area contributed by atoms with Crippen LogP contribution in [0.15, 0.2) is 36.7 Å². The molecule has 0 atom stereocenters. The highest BCUT2D eigenvalue weighted by atomic mass is 16.5. The Morgan fingerprint density at radius 3 is 2.78 bits per heavy atom. The number of carbonyl (C=O) groups is 1. The van der Waals surface area contributed by atoms with Crippen LogP contribution >= 0.6 is 0 Å². The van der Waals surface area contributed by atoms with Crippen molar-refractivity contribution in [2.75, 3.05) is 0 Å². The van der Waals surface area contributed by atoms with Gasteiger partial charge in [-0.3, -0.25) is 9.78 Å². The van der Waals surface area contributed by atoms with E-state index < -0.39 is 0 Å². The zero-order chi connectivity index (χ0) is 12.5. The van der Waals surface area contributed by atoms with Gasteiger partial charge in [-0.2, -0.15) is 0 Å². The predicted octanol–water partition coefficient (Wildman–Crippen LogP) is 2.65. The molecular formula is C15H13NO2. The van der Waals surface area contributed by atoms with Gasteiger partial charge in [-0.1, -0.05) is 12.1 Å². The van der Waals surface area contributed by atoms with E-state index in [1.54, 1.807) is 12.4 Å². The minimum atomic E-state index is 0.0147. The van der Waals surface area contributed by atoms with Gasteiger partial charge in [-0.15, -0.1) is 0 Å². The van der Waals surface area contributed by atoms with Gasteiger partial charge < -0.3 is 4.74 Å². The zero-order valence-corrected chi connectivity index (χ0v) is 10.1. The molecule has 0 amide bonds. The average molecular weight is 239 g/mol.